The Morgan fingerprint density at radius 2 is 1.95 bits per heavy atom. The highest BCUT2D eigenvalue weighted by Gasteiger charge is 2.33. The molecule has 1 N–H and O–H groups in total. The standard InChI is InChI=1S/C15H21NO4S/c1-11-6-5-7-12(10-11)16(2)21(19,20)14-9-4-3-8-13(14)15(17)18/h3-4,8-9,11-12H,5-7,10H2,1-2H3,(H,17,18). The van der Waals surface area contributed by atoms with E-state index in [0.717, 1.165) is 25.7 Å². The minimum Gasteiger partial charge on any atom is -0.478 e. The van der Waals surface area contributed by atoms with Crippen LogP contribution in [0.2, 0.25) is 0 Å². The first-order valence-electron chi connectivity index (χ1n) is 7.14. The fourth-order valence-electron chi connectivity index (χ4n) is 2.95. The van der Waals surface area contributed by atoms with Gasteiger partial charge in [0, 0.05) is 13.1 Å². The molecule has 6 heteroatoms. The van der Waals surface area contributed by atoms with E-state index in [4.69, 9.17) is 0 Å². The van der Waals surface area contributed by atoms with Crippen molar-refractivity contribution in [1.82, 2.24) is 4.31 Å². The summed E-state index contributed by atoms with van der Waals surface area (Å²) in [6, 6.07) is 5.72. The van der Waals surface area contributed by atoms with Gasteiger partial charge in [0.05, 0.1) is 10.5 Å². The van der Waals surface area contributed by atoms with Gasteiger partial charge in [0.25, 0.3) is 0 Å². The van der Waals surface area contributed by atoms with Crippen molar-refractivity contribution in [3.8, 4) is 0 Å². The number of hydrogen-bond donors (Lipinski definition) is 1. The van der Waals surface area contributed by atoms with E-state index in [1.54, 1.807) is 13.1 Å². The quantitative estimate of drug-likeness (QED) is 0.927. The van der Waals surface area contributed by atoms with E-state index < -0.39 is 16.0 Å². The molecule has 1 aliphatic carbocycles. The molecule has 1 aliphatic rings. The van der Waals surface area contributed by atoms with Gasteiger partial charge in [0.15, 0.2) is 0 Å². The Kier molecular flexibility index (Phi) is 4.68. The second-order valence-corrected chi connectivity index (χ2v) is 7.71. The minimum absolute atomic E-state index is 0.0550. The Morgan fingerprint density at radius 1 is 1.29 bits per heavy atom. The molecule has 1 aromatic rings. The van der Waals surface area contributed by atoms with Gasteiger partial charge in [-0.3, -0.25) is 0 Å². The fourth-order valence-corrected chi connectivity index (χ4v) is 4.53. The van der Waals surface area contributed by atoms with Gasteiger partial charge in [-0.15, -0.1) is 0 Å². The second kappa shape index (κ2) is 6.15. The van der Waals surface area contributed by atoms with E-state index in [1.165, 1.54) is 22.5 Å². The topological polar surface area (TPSA) is 74.7 Å². The lowest BCUT2D eigenvalue weighted by Crippen LogP contribution is -2.40. The smallest absolute Gasteiger partial charge is 0.337 e. The molecule has 1 saturated carbocycles. The summed E-state index contributed by atoms with van der Waals surface area (Å²) in [4.78, 5) is 11.1. The van der Waals surface area contributed by atoms with Crippen molar-refractivity contribution in [3.05, 3.63) is 29.8 Å². The molecule has 2 rings (SSSR count). The monoisotopic (exact) mass is 311 g/mol. The zero-order chi connectivity index (χ0) is 15.6. The van der Waals surface area contributed by atoms with Crippen LogP contribution in [0.25, 0.3) is 0 Å². The van der Waals surface area contributed by atoms with Crippen LogP contribution in [0.4, 0.5) is 0 Å². The third-order valence-electron chi connectivity index (χ3n) is 4.20. The highest BCUT2D eigenvalue weighted by Crippen LogP contribution is 2.30. The number of hydrogen-bond acceptors (Lipinski definition) is 3. The van der Waals surface area contributed by atoms with Gasteiger partial charge in [0.1, 0.15) is 0 Å². The van der Waals surface area contributed by atoms with Crippen molar-refractivity contribution in [2.24, 2.45) is 5.92 Å². The lowest BCUT2D eigenvalue weighted by molar-refractivity contribution is 0.0692. The molecule has 21 heavy (non-hydrogen) atoms. The van der Waals surface area contributed by atoms with Crippen LogP contribution < -0.4 is 0 Å². The van der Waals surface area contributed by atoms with Crippen LogP contribution >= 0.6 is 0 Å². The maximum Gasteiger partial charge on any atom is 0.337 e. The first kappa shape index (κ1) is 16.0. The number of aromatic carboxylic acids is 1. The molecule has 116 valence electrons. The van der Waals surface area contributed by atoms with Crippen molar-refractivity contribution in [2.75, 3.05) is 7.05 Å². The molecular formula is C15H21NO4S. The summed E-state index contributed by atoms with van der Waals surface area (Å²) < 4.78 is 26.8. The molecule has 1 fully saturated rings. The number of carboxylic acids is 1. The molecule has 1 aromatic carbocycles. The molecule has 2 unspecified atom stereocenters. The largest absolute Gasteiger partial charge is 0.478 e. The summed E-state index contributed by atoms with van der Waals surface area (Å²) in [5.74, 6) is -0.726. The van der Waals surface area contributed by atoms with E-state index in [1.807, 2.05) is 0 Å². The van der Waals surface area contributed by atoms with Crippen molar-refractivity contribution in [1.29, 1.82) is 0 Å². The highest BCUT2D eigenvalue weighted by atomic mass is 32.2. The average molecular weight is 311 g/mol. The molecular weight excluding hydrogens is 290 g/mol. The number of rotatable bonds is 4. The van der Waals surface area contributed by atoms with Gasteiger partial charge in [-0.05, 0) is 30.9 Å². The number of carbonyl (C=O) groups is 1. The Hall–Kier alpha value is -1.40. The lowest BCUT2D eigenvalue weighted by atomic mass is 9.87. The van der Waals surface area contributed by atoms with Crippen molar-refractivity contribution in [2.45, 2.75) is 43.5 Å². The number of sulfonamides is 1. The molecule has 0 aromatic heterocycles. The third-order valence-corrected chi connectivity index (χ3v) is 6.17. The molecule has 0 spiro atoms. The van der Waals surface area contributed by atoms with Crippen molar-refractivity contribution < 1.29 is 18.3 Å². The van der Waals surface area contributed by atoms with E-state index in [9.17, 15) is 18.3 Å². The maximum absolute atomic E-state index is 12.7. The van der Waals surface area contributed by atoms with Crippen LogP contribution in [0, 0.1) is 5.92 Å². The molecule has 0 aliphatic heterocycles. The Bertz CT molecular complexity index is 626. The van der Waals surface area contributed by atoms with Gasteiger partial charge >= 0.3 is 5.97 Å². The summed E-state index contributed by atoms with van der Waals surface area (Å²) >= 11 is 0. The fraction of sp³-hybridized carbons (Fsp3) is 0.533. The van der Waals surface area contributed by atoms with Gasteiger partial charge in [0.2, 0.25) is 10.0 Å². The van der Waals surface area contributed by atoms with Crippen LogP contribution in [-0.4, -0.2) is 36.9 Å². The molecule has 0 heterocycles. The van der Waals surface area contributed by atoms with Gasteiger partial charge in [-0.1, -0.05) is 31.9 Å². The van der Waals surface area contributed by atoms with Crippen LogP contribution in [0.5, 0.6) is 0 Å². The van der Waals surface area contributed by atoms with Gasteiger partial charge < -0.3 is 5.11 Å². The first-order chi connectivity index (χ1) is 9.84. The SMILES string of the molecule is CC1CCCC(N(C)S(=O)(=O)c2ccccc2C(=O)O)C1. The van der Waals surface area contributed by atoms with E-state index in [-0.39, 0.29) is 16.5 Å². The second-order valence-electron chi connectivity index (χ2n) is 5.75. The molecule has 0 bridgehead atoms. The normalized spacial score (nSPS) is 23.2. The third kappa shape index (κ3) is 3.27. The molecule has 0 radical (unpaired) electrons. The Morgan fingerprint density at radius 3 is 2.57 bits per heavy atom. The van der Waals surface area contributed by atoms with Gasteiger partial charge in [-0.2, -0.15) is 4.31 Å². The summed E-state index contributed by atoms with van der Waals surface area (Å²) in [6.45, 7) is 2.12. The highest BCUT2D eigenvalue weighted by molar-refractivity contribution is 7.89. The minimum atomic E-state index is -3.79. The Balaban J connectivity index is 2.35. The van der Waals surface area contributed by atoms with Crippen LogP contribution in [0.1, 0.15) is 43.0 Å². The van der Waals surface area contributed by atoms with Crippen molar-refractivity contribution >= 4 is 16.0 Å². The Labute approximate surface area is 125 Å². The molecule has 0 saturated heterocycles. The number of nitrogens with zero attached hydrogens (tertiary/aromatic N) is 1. The first-order valence-corrected chi connectivity index (χ1v) is 8.58. The predicted molar refractivity (Wildman–Crippen MR) is 79.8 cm³/mol. The zero-order valence-corrected chi connectivity index (χ0v) is 13.1. The number of benzene rings is 1. The van der Waals surface area contributed by atoms with E-state index in [0.29, 0.717) is 5.92 Å². The summed E-state index contributed by atoms with van der Waals surface area (Å²) in [7, 11) is -2.23. The predicted octanol–water partition coefficient (Wildman–Crippen LogP) is 2.58. The zero-order valence-electron chi connectivity index (χ0n) is 12.3. The molecule has 2 atom stereocenters. The maximum atomic E-state index is 12.7. The molecule has 0 amide bonds. The summed E-state index contributed by atoms with van der Waals surface area (Å²) in [6.07, 6.45) is 3.78. The molecule has 5 nitrogen and oxygen atoms in total. The van der Waals surface area contributed by atoms with Crippen LogP contribution in [0.3, 0.4) is 0 Å². The van der Waals surface area contributed by atoms with Crippen molar-refractivity contribution in [3.63, 3.8) is 0 Å². The van der Waals surface area contributed by atoms with Crippen LogP contribution in [0.15, 0.2) is 29.2 Å². The average Bonchev–Trinajstić information content (AvgIpc) is 2.46. The van der Waals surface area contributed by atoms with E-state index in [2.05, 4.69) is 6.92 Å². The van der Waals surface area contributed by atoms with Crippen LogP contribution in [-0.2, 0) is 10.0 Å². The van der Waals surface area contributed by atoms with E-state index >= 15 is 0 Å². The lowest BCUT2D eigenvalue weighted by Gasteiger charge is -2.33. The van der Waals surface area contributed by atoms with Gasteiger partial charge in [-0.25, -0.2) is 13.2 Å². The summed E-state index contributed by atoms with van der Waals surface area (Å²) in [5, 5.41) is 9.18. The summed E-state index contributed by atoms with van der Waals surface area (Å²) in [5.41, 5.74) is -0.173. The number of carboxylic acid groups (broad SMARTS) is 1.